The lowest BCUT2D eigenvalue weighted by Gasteiger charge is -2.32. The summed E-state index contributed by atoms with van der Waals surface area (Å²) in [5.74, 6) is 0. The van der Waals surface area contributed by atoms with Gasteiger partial charge in [0.1, 0.15) is 110 Å². The summed E-state index contributed by atoms with van der Waals surface area (Å²) >= 11 is 0. The van der Waals surface area contributed by atoms with Crippen LogP contribution >= 0.6 is 0 Å². The van der Waals surface area contributed by atoms with E-state index in [1.165, 1.54) is 0 Å². The van der Waals surface area contributed by atoms with Crippen molar-refractivity contribution < 1.29 is 0 Å². The first-order valence-electron chi connectivity index (χ1n) is 18.2. The summed E-state index contributed by atoms with van der Waals surface area (Å²) in [4.78, 5) is 0. The van der Waals surface area contributed by atoms with Gasteiger partial charge in [-0.2, -0.15) is 0 Å². The van der Waals surface area contributed by atoms with Gasteiger partial charge < -0.3 is 0 Å². The molecule has 0 heterocycles. The molecule has 14 heteroatoms. The van der Waals surface area contributed by atoms with Crippen LogP contribution in [0.5, 0.6) is 0 Å². The molecule has 0 aliphatic rings. The van der Waals surface area contributed by atoms with Crippen molar-refractivity contribution in [2.24, 2.45) is 0 Å². The van der Waals surface area contributed by atoms with Crippen LogP contribution in [0.4, 0.5) is 0 Å². The second kappa shape index (κ2) is 13.9. The quantitative estimate of drug-likeness (QED) is 0.0997. The zero-order chi connectivity index (χ0) is 41.2. The number of benzene rings is 9. The molecule has 0 nitrogen and oxygen atoms in total. The van der Waals surface area contributed by atoms with E-state index >= 15 is 0 Å². The summed E-state index contributed by atoms with van der Waals surface area (Å²) < 4.78 is 0. The molecular weight excluding hydrogens is 680 g/mol. The van der Waals surface area contributed by atoms with Crippen LogP contribution in [0.3, 0.4) is 0 Å². The smallest absolute Gasteiger partial charge is 0.110 e. The van der Waals surface area contributed by atoms with Gasteiger partial charge in [-0.1, -0.05) is 123 Å². The Balaban J connectivity index is 1.63. The number of fused-ring (bicyclic) bond motifs is 6. The van der Waals surface area contributed by atoms with E-state index < -0.39 is 0 Å². The highest BCUT2D eigenvalue weighted by Crippen LogP contribution is 2.43. The summed E-state index contributed by atoms with van der Waals surface area (Å²) in [6.07, 6.45) is 0. The molecule has 0 N–H and O–H groups in total. The fourth-order valence-electron chi connectivity index (χ4n) is 8.78. The molecule has 0 saturated carbocycles. The van der Waals surface area contributed by atoms with Gasteiger partial charge >= 0.3 is 0 Å². The van der Waals surface area contributed by atoms with Crippen LogP contribution in [0.2, 0.25) is 0 Å². The van der Waals surface area contributed by atoms with Crippen molar-refractivity contribution in [1.82, 2.24) is 0 Å². The van der Waals surface area contributed by atoms with Crippen molar-refractivity contribution >= 4 is 240 Å². The normalized spacial score (nSPS) is 11.7. The minimum Gasteiger partial charge on any atom is -0.110 e. The van der Waals surface area contributed by atoms with Crippen LogP contribution in [-0.2, 0) is 0 Å². The van der Waals surface area contributed by atoms with Gasteiger partial charge in [-0.15, -0.1) is 32.8 Å². The van der Waals surface area contributed by atoms with Crippen molar-refractivity contribution in [1.29, 1.82) is 0 Å². The standard InChI is InChI=1S/C44H14B14/c45-31-22(20-14-16-10-4-5-11-17(16)18-12-6-7-13-19(18)20)26-30(38(52)44(58)41(55)35(26)49)29(32(31)46)23-27-24(33(47)39(53)42(56)36(27)50)21(15-8-2-1-3-9-15)25-28(23)37(51)43(57)40(54)34(25)48/h1-14H. The zero-order valence-electron chi connectivity index (χ0n) is 31.2. The third-order valence-electron chi connectivity index (χ3n) is 11.7. The first-order chi connectivity index (χ1) is 27.7. The van der Waals surface area contributed by atoms with Crippen LogP contribution in [0.1, 0.15) is 0 Å². The van der Waals surface area contributed by atoms with Gasteiger partial charge in [-0.25, -0.2) is 0 Å². The lowest BCUT2D eigenvalue weighted by atomic mass is 9.57. The molecule has 0 aromatic heterocycles. The highest BCUT2D eigenvalue weighted by Gasteiger charge is 2.29. The molecule has 232 valence electrons. The highest BCUT2D eigenvalue weighted by molar-refractivity contribution is 6.73. The monoisotopic (exact) mass is 696 g/mol. The van der Waals surface area contributed by atoms with E-state index in [0.717, 1.165) is 27.1 Å². The van der Waals surface area contributed by atoms with E-state index in [2.05, 4.69) is 6.07 Å². The van der Waals surface area contributed by atoms with Crippen molar-refractivity contribution in [3.8, 4) is 33.4 Å². The average molecular weight is 694 g/mol. The second-order valence-electron chi connectivity index (χ2n) is 14.6. The van der Waals surface area contributed by atoms with E-state index in [4.69, 9.17) is 110 Å². The highest BCUT2D eigenvalue weighted by atomic mass is 14.3. The third kappa shape index (κ3) is 5.22. The molecule has 0 amide bonds. The molecule has 0 atom stereocenters. The van der Waals surface area contributed by atoms with Gasteiger partial charge in [0.2, 0.25) is 0 Å². The van der Waals surface area contributed by atoms with Crippen LogP contribution in [0.15, 0.2) is 84.9 Å². The Hall–Kier alpha value is -4.81. The van der Waals surface area contributed by atoms with Crippen molar-refractivity contribution in [3.05, 3.63) is 84.9 Å². The number of hydrogen-bond acceptors (Lipinski definition) is 0. The van der Waals surface area contributed by atoms with Crippen molar-refractivity contribution in [3.63, 3.8) is 0 Å². The Labute approximate surface area is 356 Å². The van der Waals surface area contributed by atoms with Crippen molar-refractivity contribution in [2.45, 2.75) is 0 Å². The van der Waals surface area contributed by atoms with Crippen LogP contribution < -0.4 is 76.5 Å². The minimum atomic E-state index is 0.0194. The largest absolute Gasteiger partial charge is 0.113 e. The van der Waals surface area contributed by atoms with Gasteiger partial charge in [0.15, 0.2) is 0 Å². The first-order valence-corrected chi connectivity index (χ1v) is 18.2. The van der Waals surface area contributed by atoms with Gasteiger partial charge in [-0.05, 0) is 93.3 Å². The maximum absolute atomic E-state index is 7.38. The van der Waals surface area contributed by atoms with E-state index in [1.54, 1.807) is 0 Å². The van der Waals surface area contributed by atoms with Crippen molar-refractivity contribution in [2.75, 3.05) is 0 Å². The molecular formula is C44H14B14. The molecule has 0 aliphatic carbocycles. The molecule has 0 aliphatic heterocycles. The lowest BCUT2D eigenvalue weighted by Crippen LogP contribution is -2.50. The van der Waals surface area contributed by atoms with Gasteiger partial charge in [0, 0.05) is 0 Å². The molecule has 0 unspecified atom stereocenters. The Kier molecular flexibility index (Phi) is 9.27. The topological polar surface area (TPSA) is 0 Å². The summed E-state index contributed by atoms with van der Waals surface area (Å²) in [6, 6.07) is 27.4. The van der Waals surface area contributed by atoms with Crippen LogP contribution in [-0.4, -0.2) is 110 Å². The molecule has 58 heavy (non-hydrogen) atoms. The maximum Gasteiger partial charge on any atom is 0.113 e. The Morgan fingerprint density at radius 1 is 0.241 bits per heavy atom. The fraction of sp³-hybridized carbons (Fsp3) is 0. The summed E-state index contributed by atoms with van der Waals surface area (Å²) in [6.45, 7) is 0. The summed E-state index contributed by atoms with van der Waals surface area (Å²) in [7, 11) is 96.8. The Morgan fingerprint density at radius 2 is 0.586 bits per heavy atom. The van der Waals surface area contributed by atoms with Gasteiger partial charge in [-0.3, -0.25) is 0 Å². The predicted molar refractivity (Wildman–Crippen MR) is 266 cm³/mol. The predicted octanol–water partition coefficient (Wildman–Crippen LogP) is -4.43. The Morgan fingerprint density at radius 3 is 1.07 bits per heavy atom. The van der Waals surface area contributed by atoms with E-state index in [-0.39, 0.29) is 87.6 Å². The molecule has 0 saturated heterocycles. The molecule has 28 radical (unpaired) electrons. The van der Waals surface area contributed by atoms with Crippen LogP contribution in [0.25, 0.3) is 87.2 Å². The van der Waals surface area contributed by atoms with Crippen LogP contribution in [0, 0.1) is 0 Å². The minimum absolute atomic E-state index is 0.0194. The lowest BCUT2D eigenvalue weighted by molar-refractivity contribution is 1.69. The summed E-state index contributed by atoms with van der Waals surface area (Å²) in [5.41, 5.74) is 3.94. The SMILES string of the molecule is [B]c1c([B])c([B])c2c(-c3c4c([B])c([B])c([B])c([B])c4c(-c4ccccc4)c4c([B])c([B])c([B])c([B])c34)c([B])c([B])c(-c3cc4ccccc4c4ccccc34)c2c1[B]. The Bertz CT molecular complexity index is 3240. The zero-order valence-corrected chi connectivity index (χ0v) is 31.2. The average Bonchev–Trinajstić information content (AvgIpc) is 3.24. The molecule has 0 spiro atoms. The summed E-state index contributed by atoms with van der Waals surface area (Å²) in [5, 5.41) is 5.92. The second-order valence-corrected chi connectivity index (χ2v) is 14.6. The number of hydrogen-bond donors (Lipinski definition) is 0. The maximum atomic E-state index is 7.38. The third-order valence-corrected chi connectivity index (χ3v) is 11.7. The first kappa shape index (κ1) is 38.7. The van der Waals surface area contributed by atoms with E-state index in [1.807, 2.05) is 78.9 Å². The fourth-order valence-corrected chi connectivity index (χ4v) is 8.78. The molecule has 9 rings (SSSR count). The van der Waals surface area contributed by atoms with Gasteiger partial charge in [0.25, 0.3) is 0 Å². The van der Waals surface area contributed by atoms with Gasteiger partial charge in [0.05, 0.1) is 0 Å². The molecule has 9 aromatic carbocycles. The van der Waals surface area contributed by atoms with E-state index in [9.17, 15) is 0 Å². The molecule has 0 bridgehead atoms. The van der Waals surface area contributed by atoms with E-state index in [0.29, 0.717) is 49.0 Å². The molecule has 0 fully saturated rings. The number of rotatable bonds is 3. The molecule has 9 aromatic rings.